The molecule has 1 saturated heterocycles. The number of nitrogens with one attached hydrogen (secondary N) is 1. The summed E-state index contributed by atoms with van der Waals surface area (Å²) in [6.07, 6.45) is 2.40. The zero-order chi connectivity index (χ0) is 15.1. The zero-order valence-corrected chi connectivity index (χ0v) is 13.3. The second kappa shape index (κ2) is 8.14. The quantitative estimate of drug-likeness (QED) is 0.829. The Labute approximate surface area is 126 Å². The highest BCUT2D eigenvalue weighted by atomic mass is 16.5. The fraction of sp³-hybridized carbons (Fsp3) is 0.733. The van der Waals surface area contributed by atoms with Gasteiger partial charge in [0.05, 0.1) is 6.61 Å². The molecule has 2 heterocycles. The molecule has 0 bridgehead atoms. The summed E-state index contributed by atoms with van der Waals surface area (Å²) < 4.78 is 10.7. The molecule has 0 spiro atoms. The minimum atomic E-state index is 0.453. The lowest BCUT2D eigenvalue weighted by Gasteiger charge is -2.33. The normalized spacial score (nSPS) is 18.8. The van der Waals surface area contributed by atoms with E-state index in [1.165, 1.54) is 12.8 Å². The van der Waals surface area contributed by atoms with Gasteiger partial charge in [-0.15, -0.1) is 0 Å². The van der Waals surface area contributed by atoms with E-state index in [4.69, 9.17) is 9.47 Å². The largest absolute Gasteiger partial charge is 0.384 e. The molecule has 1 aliphatic heterocycles. The van der Waals surface area contributed by atoms with E-state index < -0.39 is 0 Å². The maximum Gasteiger partial charge on any atom is 0.158 e. The van der Waals surface area contributed by atoms with Gasteiger partial charge in [0.2, 0.25) is 0 Å². The molecular formula is C15H26N4O2. The van der Waals surface area contributed by atoms with Crippen LogP contribution >= 0.6 is 0 Å². The van der Waals surface area contributed by atoms with Crippen LogP contribution in [0.15, 0.2) is 6.07 Å². The Balaban J connectivity index is 2.13. The van der Waals surface area contributed by atoms with Crippen molar-refractivity contribution in [3.05, 3.63) is 11.9 Å². The standard InChI is InChI=1S/C15H26N4O2/c1-4-21-11-14-17-13(16-2)8-15(18-14)19-7-5-6-12(9-19)10-20-3/h8,12H,4-7,9-11H2,1-3H3,(H,16,17,18). The Kier molecular flexibility index (Phi) is 6.20. The molecule has 0 amide bonds. The van der Waals surface area contributed by atoms with Gasteiger partial charge in [0.25, 0.3) is 0 Å². The summed E-state index contributed by atoms with van der Waals surface area (Å²) in [5.41, 5.74) is 0. The van der Waals surface area contributed by atoms with E-state index in [9.17, 15) is 0 Å². The Morgan fingerprint density at radius 1 is 1.43 bits per heavy atom. The van der Waals surface area contributed by atoms with Crippen LogP contribution in [-0.2, 0) is 16.1 Å². The Morgan fingerprint density at radius 3 is 3.00 bits per heavy atom. The summed E-state index contributed by atoms with van der Waals surface area (Å²) in [5, 5.41) is 3.10. The zero-order valence-electron chi connectivity index (χ0n) is 13.3. The lowest BCUT2D eigenvalue weighted by molar-refractivity contribution is 0.128. The molecule has 1 fully saturated rings. The molecule has 2 rings (SSSR count). The smallest absolute Gasteiger partial charge is 0.158 e. The summed E-state index contributed by atoms with van der Waals surface area (Å²) in [5.74, 6) is 3.12. The van der Waals surface area contributed by atoms with E-state index >= 15 is 0 Å². The van der Waals surface area contributed by atoms with Gasteiger partial charge in [-0.3, -0.25) is 0 Å². The topological polar surface area (TPSA) is 59.5 Å². The Hall–Kier alpha value is -1.40. The van der Waals surface area contributed by atoms with Crippen LogP contribution in [-0.4, -0.2) is 50.4 Å². The summed E-state index contributed by atoms with van der Waals surface area (Å²) >= 11 is 0. The molecule has 21 heavy (non-hydrogen) atoms. The van der Waals surface area contributed by atoms with Crippen LogP contribution in [0.2, 0.25) is 0 Å². The van der Waals surface area contributed by atoms with Crippen molar-refractivity contribution in [2.45, 2.75) is 26.4 Å². The van der Waals surface area contributed by atoms with Crippen LogP contribution in [0.1, 0.15) is 25.6 Å². The van der Waals surface area contributed by atoms with Gasteiger partial charge in [-0.1, -0.05) is 0 Å². The first kappa shape index (κ1) is 16.0. The molecule has 1 aromatic rings. The number of hydrogen-bond acceptors (Lipinski definition) is 6. The third-order valence-electron chi connectivity index (χ3n) is 3.70. The van der Waals surface area contributed by atoms with Crippen molar-refractivity contribution in [3.8, 4) is 0 Å². The van der Waals surface area contributed by atoms with Gasteiger partial charge >= 0.3 is 0 Å². The molecule has 6 heteroatoms. The third kappa shape index (κ3) is 4.54. The maximum absolute atomic E-state index is 5.43. The Bertz CT molecular complexity index is 440. The SMILES string of the molecule is CCOCc1nc(NC)cc(N2CCCC(COC)C2)n1. The lowest BCUT2D eigenvalue weighted by atomic mass is 9.99. The van der Waals surface area contributed by atoms with Gasteiger partial charge in [-0.25, -0.2) is 9.97 Å². The number of aromatic nitrogens is 2. The van der Waals surface area contributed by atoms with Gasteiger partial charge in [0.1, 0.15) is 18.2 Å². The molecule has 6 nitrogen and oxygen atoms in total. The summed E-state index contributed by atoms with van der Waals surface area (Å²) in [6, 6.07) is 2.00. The van der Waals surface area contributed by atoms with Crippen LogP contribution in [0.4, 0.5) is 11.6 Å². The van der Waals surface area contributed by atoms with E-state index in [0.29, 0.717) is 19.1 Å². The van der Waals surface area contributed by atoms with Crippen LogP contribution in [0.5, 0.6) is 0 Å². The minimum absolute atomic E-state index is 0.453. The third-order valence-corrected chi connectivity index (χ3v) is 3.70. The highest BCUT2D eigenvalue weighted by Crippen LogP contribution is 2.23. The first-order valence-electron chi connectivity index (χ1n) is 7.64. The van der Waals surface area contributed by atoms with Crippen LogP contribution < -0.4 is 10.2 Å². The highest BCUT2D eigenvalue weighted by molar-refractivity contribution is 5.49. The number of anilines is 2. The fourth-order valence-corrected chi connectivity index (χ4v) is 2.68. The second-order valence-electron chi connectivity index (χ2n) is 5.32. The van der Waals surface area contributed by atoms with Crippen molar-refractivity contribution in [2.75, 3.05) is 50.7 Å². The molecular weight excluding hydrogens is 268 g/mol. The number of rotatable bonds is 7. The molecule has 0 aliphatic carbocycles. The first-order chi connectivity index (χ1) is 10.3. The number of nitrogens with zero attached hydrogens (tertiary/aromatic N) is 3. The van der Waals surface area contributed by atoms with Crippen LogP contribution in [0.25, 0.3) is 0 Å². The molecule has 0 aromatic carbocycles. The van der Waals surface area contributed by atoms with E-state index in [0.717, 1.165) is 37.2 Å². The number of piperidine rings is 1. The summed E-state index contributed by atoms with van der Waals surface area (Å²) in [6.45, 7) is 5.93. The number of hydrogen-bond donors (Lipinski definition) is 1. The average molecular weight is 294 g/mol. The van der Waals surface area contributed by atoms with Crippen molar-refractivity contribution in [1.29, 1.82) is 0 Å². The molecule has 1 unspecified atom stereocenters. The number of ether oxygens (including phenoxy) is 2. The van der Waals surface area contributed by atoms with Crippen molar-refractivity contribution in [2.24, 2.45) is 5.92 Å². The van der Waals surface area contributed by atoms with E-state index in [2.05, 4.69) is 20.2 Å². The fourth-order valence-electron chi connectivity index (χ4n) is 2.68. The van der Waals surface area contributed by atoms with Gasteiger partial charge in [-0.05, 0) is 25.7 Å². The van der Waals surface area contributed by atoms with Gasteiger partial charge in [0, 0.05) is 39.9 Å². The molecule has 118 valence electrons. The van der Waals surface area contributed by atoms with Crippen molar-refractivity contribution < 1.29 is 9.47 Å². The molecule has 1 aliphatic rings. The predicted octanol–water partition coefficient (Wildman–Crippen LogP) is 1.92. The van der Waals surface area contributed by atoms with Crippen molar-refractivity contribution in [1.82, 2.24) is 9.97 Å². The average Bonchev–Trinajstić information content (AvgIpc) is 2.53. The number of methoxy groups -OCH3 is 1. The van der Waals surface area contributed by atoms with E-state index in [1.54, 1.807) is 7.11 Å². The summed E-state index contributed by atoms with van der Waals surface area (Å²) in [7, 11) is 3.64. The van der Waals surface area contributed by atoms with Crippen LogP contribution in [0.3, 0.4) is 0 Å². The monoisotopic (exact) mass is 294 g/mol. The predicted molar refractivity (Wildman–Crippen MR) is 83.7 cm³/mol. The van der Waals surface area contributed by atoms with Gasteiger partial charge in [0.15, 0.2) is 5.82 Å². The molecule has 1 N–H and O–H groups in total. The van der Waals surface area contributed by atoms with Crippen molar-refractivity contribution in [3.63, 3.8) is 0 Å². The minimum Gasteiger partial charge on any atom is -0.384 e. The maximum atomic E-state index is 5.43. The first-order valence-corrected chi connectivity index (χ1v) is 7.64. The highest BCUT2D eigenvalue weighted by Gasteiger charge is 2.21. The van der Waals surface area contributed by atoms with Crippen LogP contribution in [0, 0.1) is 5.92 Å². The molecule has 1 aromatic heterocycles. The Morgan fingerprint density at radius 2 is 2.29 bits per heavy atom. The molecule has 0 saturated carbocycles. The van der Waals surface area contributed by atoms with Gasteiger partial charge < -0.3 is 19.7 Å². The lowest BCUT2D eigenvalue weighted by Crippen LogP contribution is -2.37. The van der Waals surface area contributed by atoms with Crippen molar-refractivity contribution >= 4 is 11.6 Å². The second-order valence-corrected chi connectivity index (χ2v) is 5.32. The van der Waals surface area contributed by atoms with E-state index in [1.807, 2.05) is 20.0 Å². The van der Waals surface area contributed by atoms with E-state index in [-0.39, 0.29) is 0 Å². The summed E-state index contributed by atoms with van der Waals surface area (Å²) in [4.78, 5) is 11.4. The molecule has 0 radical (unpaired) electrons. The van der Waals surface area contributed by atoms with Gasteiger partial charge in [-0.2, -0.15) is 0 Å². The molecule has 1 atom stereocenters.